The summed E-state index contributed by atoms with van der Waals surface area (Å²) in [6, 6.07) is 0. The number of unbranched alkanes of at least 4 members (excludes halogenated alkanes) is 2. The van der Waals surface area contributed by atoms with Gasteiger partial charge in [0.2, 0.25) is 20.7 Å². The van der Waals surface area contributed by atoms with Gasteiger partial charge in [0.25, 0.3) is 0 Å². The number of rotatable bonds is 10. The number of hydrogen-bond acceptors (Lipinski definition) is 8. The quantitative estimate of drug-likeness (QED) is 0.435. The van der Waals surface area contributed by atoms with E-state index in [1.807, 2.05) is 13.8 Å². The molecule has 0 aromatic carbocycles. The van der Waals surface area contributed by atoms with Crippen LogP contribution in [0.4, 0.5) is 9.59 Å². The summed E-state index contributed by atoms with van der Waals surface area (Å²) in [6.07, 6.45) is 0.802. The summed E-state index contributed by atoms with van der Waals surface area (Å²) in [4.78, 5) is 22.7. The van der Waals surface area contributed by atoms with Gasteiger partial charge in [-0.05, 0) is 26.7 Å². The lowest BCUT2D eigenvalue weighted by atomic mass is 10.4. The zero-order valence-electron chi connectivity index (χ0n) is 14.1. The molecule has 0 fully saturated rings. The lowest BCUT2D eigenvalue weighted by Gasteiger charge is -2.19. The number of carbonyl (C=O) groups excluding carboxylic acids is 2. The van der Waals surface area contributed by atoms with E-state index in [-0.39, 0.29) is 13.2 Å². The van der Waals surface area contributed by atoms with Crippen molar-refractivity contribution in [3.05, 3.63) is 0 Å². The molecule has 2 unspecified atom stereocenters. The topological polar surface area (TPSA) is 105 Å². The van der Waals surface area contributed by atoms with Crippen molar-refractivity contribution in [3.63, 3.8) is 0 Å². The molecule has 0 spiro atoms. The Morgan fingerprint density at radius 3 is 1.48 bits per heavy atom. The SMILES string of the molecule is CCCCOC(=O)OC(C)S(=O)(=O)C(C)OC(=O)OCCCC. The van der Waals surface area contributed by atoms with Gasteiger partial charge in [0.05, 0.1) is 13.2 Å². The molecule has 9 heteroatoms. The maximum atomic E-state index is 12.1. The Bertz CT molecular complexity index is 423. The normalized spacial score (nSPS) is 13.7. The molecule has 0 saturated carbocycles. The predicted molar refractivity (Wildman–Crippen MR) is 82.5 cm³/mol. The summed E-state index contributed by atoms with van der Waals surface area (Å²) < 4.78 is 43.0. The van der Waals surface area contributed by atoms with Crippen molar-refractivity contribution in [3.8, 4) is 0 Å². The van der Waals surface area contributed by atoms with E-state index < -0.39 is 33.0 Å². The van der Waals surface area contributed by atoms with Gasteiger partial charge in [0, 0.05) is 0 Å². The smallest absolute Gasteiger partial charge is 0.434 e. The van der Waals surface area contributed by atoms with Crippen molar-refractivity contribution < 1.29 is 37.0 Å². The molecule has 0 amide bonds. The monoisotopic (exact) mass is 354 g/mol. The van der Waals surface area contributed by atoms with Crippen LogP contribution in [0.3, 0.4) is 0 Å². The predicted octanol–water partition coefficient (Wildman–Crippen LogP) is 3.00. The van der Waals surface area contributed by atoms with Gasteiger partial charge < -0.3 is 18.9 Å². The van der Waals surface area contributed by atoms with Gasteiger partial charge >= 0.3 is 12.3 Å². The van der Waals surface area contributed by atoms with Crippen LogP contribution in [0.25, 0.3) is 0 Å². The molecule has 0 bridgehead atoms. The second kappa shape index (κ2) is 11.1. The molecule has 0 aliphatic heterocycles. The molecular formula is C14H26O8S. The third-order valence-electron chi connectivity index (χ3n) is 2.89. The van der Waals surface area contributed by atoms with Crippen LogP contribution in [0.5, 0.6) is 0 Å². The summed E-state index contributed by atoms with van der Waals surface area (Å²) >= 11 is 0. The fourth-order valence-corrected chi connectivity index (χ4v) is 2.31. The minimum atomic E-state index is -4.04. The molecule has 0 heterocycles. The first kappa shape index (κ1) is 21.5. The van der Waals surface area contributed by atoms with Crippen LogP contribution in [-0.2, 0) is 28.8 Å². The average Bonchev–Trinajstić information content (AvgIpc) is 2.47. The molecule has 8 nitrogen and oxygen atoms in total. The van der Waals surface area contributed by atoms with Gasteiger partial charge in [-0.2, -0.15) is 0 Å². The Morgan fingerprint density at radius 1 is 0.826 bits per heavy atom. The van der Waals surface area contributed by atoms with Crippen LogP contribution in [0, 0.1) is 0 Å². The zero-order valence-corrected chi connectivity index (χ0v) is 14.9. The van der Waals surface area contributed by atoms with Gasteiger partial charge in [-0.1, -0.05) is 26.7 Å². The van der Waals surface area contributed by atoms with Crippen molar-refractivity contribution in [1.82, 2.24) is 0 Å². The molecular weight excluding hydrogens is 328 g/mol. The fraction of sp³-hybridized carbons (Fsp3) is 0.857. The Labute approximate surface area is 137 Å². The molecule has 23 heavy (non-hydrogen) atoms. The van der Waals surface area contributed by atoms with Crippen molar-refractivity contribution in [2.45, 2.75) is 64.3 Å². The van der Waals surface area contributed by atoms with Crippen molar-refractivity contribution in [1.29, 1.82) is 0 Å². The highest BCUT2D eigenvalue weighted by Gasteiger charge is 2.34. The van der Waals surface area contributed by atoms with Crippen LogP contribution < -0.4 is 0 Å². The van der Waals surface area contributed by atoms with E-state index in [4.69, 9.17) is 9.47 Å². The van der Waals surface area contributed by atoms with Gasteiger partial charge in [-0.3, -0.25) is 0 Å². The zero-order chi connectivity index (χ0) is 17.9. The van der Waals surface area contributed by atoms with Gasteiger partial charge in [-0.25, -0.2) is 18.0 Å². The first-order valence-electron chi connectivity index (χ1n) is 7.65. The van der Waals surface area contributed by atoms with E-state index >= 15 is 0 Å². The molecule has 0 N–H and O–H groups in total. The summed E-state index contributed by atoms with van der Waals surface area (Å²) in [7, 11) is -4.04. The Morgan fingerprint density at radius 2 is 1.17 bits per heavy atom. The van der Waals surface area contributed by atoms with E-state index in [1.54, 1.807) is 0 Å². The minimum absolute atomic E-state index is 0.151. The second-order valence-corrected chi connectivity index (χ2v) is 7.37. The highest BCUT2D eigenvalue weighted by molar-refractivity contribution is 7.92. The molecule has 0 rings (SSSR count). The molecule has 0 radical (unpaired) electrons. The maximum Gasteiger partial charge on any atom is 0.509 e. The first-order chi connectivity index (χ1) is 10.8. The van der Waals surface area contributed by atoms with E-state index in [1.165, 1.54) is 13.8 Å². The number of ether oxygens (including phenoxy) is 4. The van der Waals surface area contributed by atoms with Crippen LogP contribution >= 0.6 is 0 Å². The van der Waals surface area contributed by atoms with Crippen molar-refractivity contribution in [2.75, 3.05) is 13.2 Å². The summed E-state index contributed by atoms with van der Waals surface area (Å²) in [5.41, 5.74) is -3.01. The third kappa shape index (κ3) is 8.63. The molecule has 0 aromatic rings. The summed E-state index contributed by atoms with van der Waals surface area (Å²) in [6.45, 7) is 6.47. The van der Waals surface area contributed by atoms with E-state index in [9.17, 15) is 18.0 Å². The van der Waals surface area contributed by atoms with Crippen molar-refractivity contribution >= 4 is 22.1 Å². The Kier molecular flexibility index (Phi) is 10.4. The average molecular weight is 354 g/mol. The third-order valence-corrected chi connectivity index (χ3v) is 4.93. The van der Waals surface area contributed by atoms with Gasteiger partial charge in [0.1, 0.15) is 0 Å². The highest BCUT2D eigenvalue weighted by atomic mass is 32.2. The van der Waals surface area contributed by atoms with Crippen LogP contribution in [0.2, 0.25) is 0 Å². The standard InChI is InChI=1S/C14H26O8S/c1-5-7-9-19-13(15)21-11(3)23(17,18)12(4)22-14(16)20-10-8-6-2/h11-12H,5-10H2,1-4H3. The Balaban J connectivity index is 4.41. The molecule has 0 saturated heterocycles. The molecule has 0 aliphatic rings. The molecule has 0 aromatic heterocycles. The summed E-state index contributed by atoms with van der Waals surface area (Å²) in [5.74, 6) is 0. The van der Waals surface area contributed by atoms with Crippen LogP contribution in [-0.4, -0.2) is 44.8 Å². The van der Waals surface area contributed by atoms with Gasteiger partial charge in [-0.15, -0.1) is 0 Å². The number of sulfone groups is 1. The largest absolute Gasteiger partial charge is 0.509 e. The minimum Gasteiger partial charge on any atom is -0.434 e. The van der Waals surface area contributed by atoms with Crippen LogP contribution in [0.15, 0.2) is 0 Å². The lowest BCUT2D eigenvalue weighted by molar-refractivity contribution is 0.0396. The van der Waals surface area contributed by atoms with Crippen LogP contribution in [0.1, 0.15) is 53.4 Å². The van der Waals surface area contributed by atoms with Gasteiger partial charge in [0.15, 0.2) is 0 Å². The first-order valence-corrected chi connectivity index (χ1v) is 9.26. The van der Waals surface area contributed by atoms with Crippen molar-refractivity contribution in [2.24, 2.45) is 0 Å². The van der Waals surface area contributed by atoms with E-state index in [0.29, 0.717) is 12.8 Å². The number of carbonyl (C=O) groups is 2. The molecule has 0 aliphatic carbocycles. The maximum absolute atomic E-state index is 12.1. The van der Waals surface area contributed by atoms with E-state index in [2.05, 4.69) is 9.47 Å². The number of hydrogen-bond donors (Lipinski definition) is 0. The Hall–Kier alpha value is -1.51. The second-order valence-electron chi connectivity index (χ2n) is 4.86. The molecule has 136 valence electrons. The summed E-state index contributed by atoms with van der Waals surface area (Å²) in [5, 5.41) is 0. The fourth-order valence-electron chi connectivity index (χ4n) is 1.34. The van der Waals surface area contributed by atoms with E-state index in [0.717, 1.165) is 12.8 Å². The highest BCUT2D eigenvalue weighted by Crippen LogP contribution is 2.14. The lowest BCUT2D eigenvalue weighted by Crippen LogP contribution is -2.35. The molecule has 2 atom stereocenters.